The van der Waals surface area contributed by atoms with Crippen LogP contribution in [-0.4, -0.2) is 35.8 Å². The summed E-state index contributed by atoms with van der Waals surface area (Å²) >= 11 is 3.33. The number of nitrogens with one attached hydrogen (secondary N) is 1. The van der Waals surface area contributed by atoms with Gasteiger partial charge in [0.1, 0.15) is 0 Å². The Morgan fingerprint density at radius 3 is 2.67 bits per heavy atom. The van der Waals surface area contributed by atoms with E-state index in [1.165, 1.54) is 6.42 Å². The summed E-state index contributed by atoms with van der Waals surface area (Å²) in [5.74, 6) is 0.000277. The molecular formula is C16H21BrN2O2. The lowest BCUT2D eigenvalue weighted by atomic mass is 10.0. The van der Waals surface area contributed by atoms with Gasteiger partial charge in [0, 0.05) is 35.6 Å². The van der Waals surface area contributed by atoms with Gasteiger partial charge >= 0.3 is 0 Å². The van der Waals surface area contributed by atoms with Crippen molar-refractivity contribution in [3.63, 3.8) is 0 Å². The summed E-state index contributed by atoms with van der Waals surface area (Å²) in [5.41, 5.74) is 0.608. The summed E-state index contributed by atoms with van der Waals surface area (Å²) in [4.78, 5) is 26.0. The number of benzene rings is 1. The van der Waals surface area contributed by atoms with Crippen molar-refractivity contribution >= 4 is 27.7 Å². The van der Waals surface area contributed by atoms with Gasteiger partial charge in [-0.3, -0.25) is 9.59 Å². The summed E-state index contributed by atoms with van der Waals surface area (Å²) in [6.07, 6.45) is 3.73. The maximum absolute atomic E-state index is 12.1. The van der Waals surface area contributed by atoms with Crippen molar-refractivity contribution in [2.24, 2.45) is 0 Å². The maximum Gasteiger partial charge on any atom is 0.251 e. The molecule has 0 bridgehead atoms. The molecule has 114 valence electrons. The highest BCUT2D eigenvalue weighted by Gasteiger charge is 2.22. The van der Waals surface area contributed by atoms with Gasteiger partial charge in [0.25, 0.3) is 5.91 Å². The zero-order valence-electron chi connectivity index (χ0n) is 12.3. The minimum Gasteiger partial charge on any atom is -0.352 e. The third kappa shape index (κ3) is 4.56. The van der Waals surface area contributed by atoms with E-state index >= 15 is 0 Å². The second-order valence-electron chi connectivity index (χ2n) is 5.44. The van der Waals surface area contributed by atoms with E-state index in [0.29, 0.717) is 24.6 Å². The Morgan fingerprint density at radius 1 is 1.29 bits per heavy atom. The largest absolute Gasteiger partial charge is 0.352 e. The van der Waals surface area contributed by atoms with Crippen molar-refractivity contribution in [3.05, 3.63) is 34.3 Å². The Morgan fingerprint density at radius 2 is 2.00 bits per heavy atom. The number of carbonyl (C=O) groups excluding carboxylic acids is 2. The van der Waals surface area contributed by atoms with Gasteiger partial charge in [0.05, 0.1) is 0 Å². The summed E-state index contributed by atoms with van der Waals surface area (Å²) < 4.78 is 0.938. The van der Waals surface area contributed by atoms with E-state index in [0.717, 1.165) is 23.9 Å². The molecule has 21 heavy (non-hydrogen) atoms. The summed E-state index contributed by atoms with van der Waals surface area (Å²) in [6, 6.07) is 7.50. The van der Waals surface area contributed by atoms with E-state index in [4.69, 9.17) is 0 Å². The number of amides is 2. The lowest BCUT2D eigenvalue weighted by Gasteiger charge is -2.33. The van der Waals surface area contributed by atoms with E-state index in [1.54, 1.807) is 12.1 Å². The van der Waals surface area contributed by atoms with Gasteiger partial charge in [-0.2, -0.15) is 0 Å². The van der Waals surface area contributed by atoms with Crippen molar-refractivity contribution in [1.29, 1.82) is 0 Å². The molecule has 1 aliphatic rings. The Balaban J connectivity index is 1.77. The molecule has 0 spiro atoms. The normalized spacial score (nSPS) is 18.4. The monoisotopic (exact) mass is 352 g/mol. The van der Waals surface area contributed by atoms with E-state index in [1.807, 2.05) is 17.0 Å². The molecule has 0 unspecified atom stereocenters. The average molecular weight is 353 g/mol. The first kappa shape index (κ1) is 16.0. The zero-order valence-corrected chi connectivity index (χ0v) is 13.9. The highest BCUT2D eigenvalue weighted by molar-refractivity contribution is 9.10. The summed E-state index contributed by atoms with van der Waals surface area (Å²) in [7, 11) is 0. The van der Waals surface area contributed by atoms with Crippen molar-refractivity contribution in [2.75, 3.05) is 13.1 Å². The molecule has 2 amide bonds. The van der Waals surface area contributed by atoms with Gasteiger partial charge in [-0.1, -0.05) is 15.9 Å². The maximum atomic E-state index is 12.1. The number of nitrogens with zero attached hydrogens (tertiary/aromatic N) is 1. The van der Waals surface area contributed by atoms with Crippen LogP contribution >= 0.6 is 15.9 Å². The van der Waals surface area contributed by atoms with Gasteiger partial charge in [0.2, 0.25) is 5.91 Å². The molecule has 4 nitrogen and oxygen atoms in total. The Hall–Kier alpha value is -1.36. The quantitative estimate of drug-likeness (QED) is 0.905. The van der Waals surface area contributed by atoms with E-state index < -0.39 is 0 Å². The van der Waals surface area contributed by atoms with Crippen LogP contribution in [0.5, 0.6) is 0 Å². The third-order valence-corrected chi connectivity index (χ3v) is 4.38. The fourth-order valence-corrected chi connectivity index (χ4v) is 2.86. The predicted molar refractivity (Wildman–Crippen MR) is 86.1 cm³/mol. The predicted octanol–water partition coefficient (Wildman–Crippen LogP) is 2.97. The number of rotatable bonds is 4. The number of piperidine rings is 1. The van der Waals surface area contributed by atoms with Gasteiger partial charge in [-0.05, 0) is 50.5 Å². The summed E-state index contributed by atoms with van der Waals surface area (Å²) in [6.45, 7) is 3.33. The topological polar surface area (TPSA) is 49.4 Å². The van der Waals surface area contributed by atoms with Crippen molar-refractivity contribution in [3.8, 4) is 0 Å². The second-order valence-corrected chi connectivity index (χ2v) is 6.36. The Bertz CT molecular complexity index is 502. The number of carbonyl (C=O) groups is 2. The number of halogens is 1. The molecular weight excluding hydrogens is 332 g/mol. The third-order valence-electron chi connectivity index (χ3n) is 3.85. The highest BCUT2D eigenvalue weighted by atomic mass is 79.9. The standard InChI is InChI=1S/C16H21BrN2O2/c1-12-4-2-3-11-19(12)15(20)9-10-18-16(21)13-5-7-14(17)8-6-13/h5-8,12H,2-4,9-11H2,1H3,(H,18,21)/t12-/m0/s1. The first-order chi connectivity index (χ1) is 10.1. The van der Waals surface area contributed by atoms with Crippen LogP contribution < -0.4 is 5.32 Å². The average Bonchev–Trinajstić information content (AvgIpc) is 2.48. The first-order valence-electron chi connectivity index (χ1n) is 7.41. The van der Waals surface area contributed by atoms with Crippen LogP contribution in [0.2, 0.25) is 0 Å². The molecule has 1 fully saturated rings. The van der Waals surface area contributed by atoms with Crippen LogP contribution in [0.3, 0.4) is 0 Å². The van der Waals surface area contributed by atoms with E-state index in [2.05, 4.69) is 28.2 Å². The molecule has 1 heterocycles. The molecule has 0 saturated carbocycles. The van der Waals surface area contributed by atoms with E-state index in [-0.39, 0.29) is 11.8 Å². The van der Waals surface area contributed by atoms with Crippen molar-refractivity contribution < 1.29 is 9.59 Å². The first-order valence-corrected chi connectivity index (χ1v) is 8.20. The van der Waals surface area contributed by atoms with Crippen molar-refractivity contribution in [1.82, 2.24) is 10.2 Å². The molecule has 2 rings (SSSR count). The van der Waals surface area contributed by atoms with Crippen molar-refractivity contribution in [2.45, 2.75) is 38.6 Å². The number of hydrogen-bond donors (Lipinski definition) is 1. The van der Waals surface area contributed by atoms with Gasteiger partial charge < -0.3 is 10.2 Å². The lowest BCUT2D eigenvalue weighted by Crippen LogP contribution is -2.43. The molecule has 1 aromatic rings. The fraction of sp³-hybridized carbons (Fsp3) is 0.500. The molecule has 1 atom stereocenters. The van der Waals surface area contributed by atoms with Crippen LogP contribution in [0.4, 0.5) is 0 Å². The molecule has 1 N–H and O–H groups in total. The molecule has 1 saturated heterocycles. The Kier molecular flexibility index (Phi) is 5.79. The van der Waals surface area contributed by atoms with Crippen LogP contribution in [0.15, 0.2) is 28.7 Å². The molecule has 0 radical (unpaired) electrons. The summed E-state index contributed by atoms with van der Waals surface area (Å²) in [5, 5.41) is 2.80. The minimum absolute atomic E-state index is 0.137. The smallest absolute Gasteiger partial charge is 0.251 e. The van der Waals surface area contributed by atoms with Gasteiger partial charge in [-0.15, -0.1) is 0 Å². The molecule has 5 heteroatoms. The van der Waals surface area contributed by atoms with Gasteiger partial charge in [-0.25, -0.2) is 0 Å². The van der Waals surface area contributed by atoms with Crippen LogP contribution in [0.25, 0.3) is 0 Å². The van der Waals surface area contributed by atoms with Gasteiger partial charge in [0.15, 0.2) is 0 Å². The van der Waals surface area contributed by atoms with Crippen LogP contribution in [-0.2, 0) is 4.79 Å². The Labute approximate surface area is 134 Å². The molecule has 0 aromatic heterocycles. The highest BCUT2D eigenvalue weighted by Crippen LogP contribution is 2.17. The minimum atomic E-state index is -0.137. The SMILES string of the molecule is C[C@H]1CCCCN1C(=O)CCNC(=O)c1ccc(Br)cc1. The van der Waals surface area contributed by atoms with E-state index in [9.17, 15) is 9.59 Å². The van der Waals surface area contributed by atoms with Crippen LogP contribution in [0, 0.1) is 0 Å². The molecule has 1 aliphatic heterocycles. The van der Waals surface area contributed by atoms with Crippen LogP contribution in [0.1, 0.15) is 43.0 Å². The lowest BCUT2D eigenvalue weighted by molar-refractivity contribution is -0.134. The second kappa shape index (κ2) is 7.59. The number of hydrogen-bond acceptors (Lipinski definition) is 2. The zero-order chi connectivity index (χ0) is 15.2. The fourth-order valence-electron chi connectivity index (χ4n) is 2.60. The number of likely N-dealkylation sites (tertiary alicyclic amines) is 1. The molecule has 0 aliphatic carbocycles. The molecule has 1 aromatic carbocycles.